The van der Waals surface area contributed by atoms with Gasteiger partial charge in [0.1, 0.15) is 5.75 Å². The summed E-state index contributed by atoms with van der Waals surface area (Å²) in [5.74, 6) is 1.58. The third kappa shape index (κ3) is 2.09. The fraction of sp³-hybridized carbons (Fsp3) is 0.364. The first-order chi connectivity index (χ1) is 7.85. The highest BCUT2D eigenvalue weighted by atomic mass is 16.7. The van der Waals surface area contributed by atoms with E-state index >= 15 is 0 Å². The number of ether oxygens (including phenoxy) is 4. The number of fused-ring (bicyclic) bond motifs is 1. The molecule has 86 valence electrons. The lowest BCUT2D eigenvalue weighted by molar-refractivity contribution is 0.0220. The Labute approximate surface area is 92.9 Å². The molecule has 0 saturated heterocycles. The zero-order valence-electron chi connectivity index (χ0n) is 8.89. The standard InChI is InChI=1S/C11H12O5/c1-2-13-6-14-9-4-11-10(15-7-16-11)3-8(9)5-12/h3-5H,2,6-7H2,1H3. The summed E-state index contributed by atoms with van der Waals surface area (Å²) in [4.78, 5) is 10.8. The third-order valence-electron chi connectivity index (χ3n) is 2.13. The van der Waals surface area contributed by atoms with Crippen molar-refractivity contribution in [3.63, 3.8) is 0 Å². The van der Waals surface area contributed by atoms with Crippen LogP contribution in [-0.4, -0.2) is 26.5 Å². The van der Waals surface area contributed by atoms with Crippen molar-refractivity contribution in [2.24, 2.45) is 0 Å². The number of benzene rings is 1. The molecule has 5 nitrogen and oxygen atoms in total. The number of carbonyl (C=O) groups is 1. The van der Waals surface area contributed by atoms with Gasteiger partial charge in [0, 0.05) is 12.7 Å². The van der Waals surface area contributed by atoms with Gasteiger partial charge in [-0.25, -0.2) is 0 Å². The molecule has 1 aliphatic heterocycles. The molecule has 16 heavy (non-hydrogen) atoms. The van der Waals surface area contributed by atoms with Crippen LogP contribution in [0.2, 0.25) is 0 Å². The van der Waals surface area contributed by atoms with Gasteiger partial charge in [0.05, 0.1) is 5.56 Å². The molecule has 1 heterocycles. The molecular formula is C11H12O5. The summed E-state index contributed by atoms with van der Waals surface area (Å²) in [7, 11) is 0. The maximum atomic E-state index is 10.8. The quantitative estimate of drug-likeness (QED) is 0.432. The van der Waals surface area contributed by atoms with E-state index < -0.39 is 0 Å². The average Bonchev–Trinajstić information content (AvgIpc) is 2.75. The molecule has 0 amide bonds. The van der Waals surface area contributed by atoms with Crippen LogP contribution in [0, 0.1) is 0 Å². The molecular weight excluding hydrogens is 212 g/mol. The fourth-order valence-corrected chi connectivity index (χ4v) is 1.34. The van der Waals surface area contributed by atoms with Crippen LogP contribution in [0.25, 0.3) is 0 Å². The number of aldehydes is 1. The van der Waals surface area contributed by atoms with E-state index in [0.717, 1.165) is 0 Å². The van der Waals surface area contributed by atoms with Crippen LogP contribution in [-0.2, 0) is 4.74 Å². The molecule has 0 N–H and O–H groups in total. The topological polar surface area (TPSA) is 54.0 Å². The number of hydrogen-bond donors (Lipinski definition) is 0. The third-order valence-corrected chi connectivity index (χ3v) is 2.13. The lowest BCUT2D eigenvalue weighted by atomic mass is 10.2. The fourth-order valence-electron chi connectivity index (χ4n) is 1.34. The van der Waals surface area contributed by atoms with Crippen LogP contribution in [0.4, 0.5) is 0 Å². The highest BCUT2D eigenvalue weighted by molar-refractivity contribution is 5.81. The second kappa shape index (κ2) is 4.85. The van der Waals surface area contributed by atoms with Crippen molar-refractivity contribution in [2.75, 3.05) is 20.2 Å². The zero-order chi connectivity index (χ0) is 11.4. The van der Waals surface area contributed by atoms with Gasteiger partial charge in [-0.15, -0.1) is 0 Å². The summed E-state index contributed by atoms with van der Waals surface area (Å²) in [5.41, 5.74) is 0.420. The first-order valence-electron chi connectivity index (χ1n) is 4.94. The van der Waals surface area contributed by atoms with E-state index in [4.69, 9.17) is 18.9 Å². The summed E-state index contributed by atoms with van der Waals surface area (Å²) in [6, 6.07) is 3.22. The maximum absolute atomic E-state index is 10.8. The summed E-state index contributed by atoms with van der Waals surface area (Å²) in [6.07, 6.45) is 0.712. The van der Waals surface area contributed by atoms with Crippen LogP contribution in [0.1, 0.15) is 17.3 Å². The molecule has 0 atom stereocenters. The Morgan fingerprint density at radius 2 is 2.12 bits per heavy atom. The molecule has 1 aliphatic rings. The number of hydrogen-bond acceptors (Lipinski definition) is 5. The van der Waals surface area contributed by atoms with E-state index in [2.05, 4.69) is 0 Å². The van der Waals surface area contributed by atoms with Crippen LogP contribution < -0.4 is 14.2 Å². The van der Waals surface area contributed by atoms with Gasteiger partial charge in [0.2, 0.25) is 6.79 Å². The Kier molecular flexibility index (Phi) is 3.26. The minimum absolute atomic E-state index is 0.108. The molecule has 0 aromatic heterocycles. The lowest BCUT2D eigenvalue weighted by Crippen LogP contribution is -2.03. The van der Waals surface area contributed by atoms with E-state index in [1.807, 2.05) is 6.92 Å². The van der Waals surface area contributed by atoms with E-state index in [9.17, 15) is 4.79 Å². The monoisotopic (exact) mass is 224 g/mol. The SMILES string of the molecule is CCOCOc1cc2c(cc1C=O)OCO2. The second-order valence-electron chi connectivity index (χ2n) is 3.12. The normalized spacial score (nSPS) is 12.6. The van der Waals surface area contributed by atoms with E-state index in [-0.39, 0.29) is 13.6 Å². The molecule has 2 rings (SSSR count). The Morgan fingerprint density at radius 1 is 1.38 bits per heavy atom. The smallest absolute Gasteiger partial charge is 0.231 e. The molecule has 1 aromatic rings. The van der Waals surface area contributed by atoms with Crippen molar-refractivity contribution in [3.05, 3.63) is 17.7 Å². The molecule has 1 aromatic carbocycles. The van der Waals surface area contributed by atoms with Crippen LogP contribution in [0.3, 0.4) is 0 Å². The van der Waals surface area contributed by atoms with Crippen molar-refractivity contribution < 1.29 is 23.7 Å². The predicted octanol–water partition coefficient (Wildman–Crippen LogP) is 1.60. The predicted molar refractivity (Wildman–Crippen MR) is 55.1 cm³/mol. The Balaban J connectivity index is 2.18. The van der Waals surface area contributed by atoms with Gasteiger partial charge in [-0.1, -0.05) is 0 Å². The summed E-state index contributed by atoms with van der Waals surface area (Å²) >= 11 is 0. The average molecular weight is 224 g/mol. The van der Waals surface area contributed by atoms with Gasteiger partial charge in [-0.2, -0.15) is 0 Å². The Bertz CT molecular complexity index is 388. The van der Waals surface area contributed by atoms with Crippen molar-refractivity contribution in [1.29, 1.82) is 0 Å². The van der Waals surface area contributed by atoms with Crippen LogP contribution in [0.5, 0.6) is 17.2 Å². The van der Waals surface area contributed by atoms with E-state index in [1.165, 1.54) is 0 Å². The molecule has 0 aliphatic carbocycles. The highest BCUT2D eigenvalue weighted by Crippen LogP contribution is 2.37. The Morgan fingerprint density at radius 3 is 2.81 bits per heavy atom. The highest BCUT2D eigenvalue weighted by Gasteiger charge is 2.17. The first-order valence-corrected chi connectivity index (χ1v) is 4.94. The Hall–Kier alpha value is -1.75. The van der Waals surface area contributed by atoms with Crippen LogP contribution >= 0.6 is 0 Å². The molecule has 5 heteroatoms. The molecule has 0 radical (unpaired) electrons. The molecule has 0 fully saturated rings. The molecule has 0 bridgehead atoms. The second-order valence-corrected chi connectivity index (χ2v) is 3.12. The van der Waals surface area contributed by atoms with Crippen LogP contribution in [0.15, 0.2) is 12.1 Å². The van der Waals surface area contributed by atoms with Crippen molar-refractivity contribution in [2.45, 2.75) is 6.92 Å². The first kappa shape index (κ1) is 10.8. The van der Waals surface area contributed by atoms with Gasteiger partial charge < -0.3 is 18.9 Å². The molecule has 0 saturated carbocycles. The lowest BCUT2D eigenvalue weighted by Gasteiger charge is -2.08. The minimum atomic E-state index is 0.108. The maximum Gasteiger partial charge on any atom is 0.231 e. The van der Waals surface area contributed by atoms with Gasteiger partial charge in [0.25, 0.3) is 0 Å². The summed E-state index contributed by atoms with van der Waals surface area (Å²) < 4.78 is 20.7. The van der Waals surface area contributed by atoms with Gasteiger partial charge >= 0.3 is 0 Å². The van der Waals surface area contributed by atoms with E-state index in [1.54, 1.807) is 12.1 Å². The van der Waals surface area contributed by atoms with Crippen molar-refractivity contribution in [3.8, 4) is 17.2 Å². The summed E-state index contributed by atoms with van der Waals surface area (Å²) in [5, 5.41) is 0. The minimum Gasteiger partial charge on any atom is -0.467 e. The molecule has 0 spiro atoms. The largest absolute Gasteiger partial charge is 0.467 e. The van der Waals surface area contributed by atoms with Crippen molar-refractivity contribution in [1.82, 2.24) is 0 Å². The van der Waals surface area contributed by atoms with Gasteiger partial charge in [-0.3, -0.25) is 4.79 Å². The zero-order valence-corrected chi connectivity index (χ0v) is 8.89. The molecule has 0 unspecified atom stereocenters. The van der Waals surface area contributed by atoms with Crippen molar-refractivity contribution >= 4 is 6.29 Å². The van der Waals surface area contributed by atoms with Gasteiger partial charge in [-0.05, 0) is 13.0 Å². The van der Waals surface area contributed by atoms with E-state index in [0.29, 0.717) is 35.7 Å². The summed E-state index contributed by atoms with van der Waals surface area (Å²) in [6.45, 7) is 2.70. The number of rotatable bonds is 5. The van der Waals surface area contributed by atoms with Gasteiger partial charge in [0.15, 0.2) is 24.6 Å². The number of carbonyl (C=O) groups excluding carboxylic acids is 1.